The largest absolute Gasteiger partial charge is 0.302 e. The topological polar surface area (TPSA) is 60.4 Å². The molecule has 3 rings (SSSR count). The fourth-order valence-corrected chi connectivity index (χ4v) is 2.43. The molecular formula is C14H10ClN3O2. The van der Waals surface area contributed by atoms with Gasteiger partial charge in [0.05, 0.1) is 22.2 Å². The molecule has 3 aromatic rings. The molecule has 0 radical (unpaired) electrons. The van der Waals surface area contributed by atoms with E-state index in [9.17, 15) is 10.1 Å². The van der Waals surface area contributed by atoms with E-state index in [0.29, 0.717) is 11.3 Å². The number of non-ortho nitro benzene ring substituents is 1. The predicted molar refractivity (Wildman–Crippen MR) is 76.8 cm³/mol. The molecule has 0 aliphatic carbocycles. The second-order valence-electron chi connectivity index (χ2n) is 4.28. The summed E-state index contributed by atoms with van der Waals surface area (Å²) in [4.78, 5) is 15.0. The Kier molecular flexibility index (Phi) is 3.12. The summed E-state index contributed by atoms with van der Waals surface area (Å²) in [6.07, 6.45) is 1.88. The zero-order valence-corrected chi connectivity index (χ0v) is 11.1. The van der Waals surface area contributed by atoms with Gasteiger partial charge in [-0.15, -0.1) is 11.6 Å². The highest BCUT2D eigenvalue weighted by molar-refractivity contribution is 6.17. The molecule has 2 aromatic heterocycles. The molecule has 1 aromatic carbocycles. The van der Waals surface area contributed by atoms with Crippen LogP contribution in [0.5, 0.6) is 0 Å². The number of halogens is 1. The first-order valence-corrected chi connectivity index (χ1v) is 6.51. The van der Waals surface area contributed by atoms with E-state index in [4.69, 9.17) is 11.6 Å². The van der Waals surface area contributed by atoms with Crippen molar-refractivity contribution >= 4 is 22.9 Å². The van der Waals surface area contributed by atoms with Crippen molar-refractivity contribution in [2.24, 2.45) is 0 Å². The zero-order valence-electron chi connectivity index (χ0n) is 10.4. The molecular weight excluding hydrogens is 278 g/mol. The van der Waals surface area contributed by atoms with E-state index < -0.39 is 4.92 Å². The summed E-state index contributed by atoms with van der Waals surface area (Å²) >= 11 is 6.01. The van der Waals surface area contributed by atoms with Gasteiger partial charge in [0.2, 0.25) is 0 Å². The fourth-order valence-electron chi connectivity index (χ4n) is 2.17. The van der Waals surface area contributed by atoms with Crippen LogP contribution in [0.25, 0.3) is 16.9 Å². The molecule has 20 heavy (non-hydrogen) atoms. The Labute approximate surface area is 119 Å². The van der Waals surface area contributed by atoms with Gasteiger partial charge in [-0.2, -0.15) is 0 Å². The smallest absolute Gasteiger partial charge is 0.270 e. The molecule has 0 saturated heterocycles. The molecule has 0 aliphatic heterocycles. The lowest BCUT2D eigenvalue weighted by Crippen LogP contribution is -1.92. The highest BCUT2D eigenvalue weighted by atomic mass is 35.5. The molecule has 6 heteroatoms. The molecule has 0 atom stereocenters. The van der Waals surface area contributed by atoms with Crippen molar-refractivity contribution in [1.29, 1.82) is 0 Å². The van der Waals surface area contributed by atoms with Gasteiger partial charge in [-0.05, 0) is 12.1 Å². The van der Waals surface area contributed by atoms with E-state index in [1.54, 1.807) is 12.1 Å². The monoisotopic (exact) mass is 287 g/mol. The quantitative estimate of drug-likeness (QED) is 0.420. The minimum absolute atomic E-state index is 0.0417. The predicted octanol–water partition coefficient (Wildman–Crippen LogP) is 3.65. The van der Waals surface area contributed by atoms with Gasteiger partial charge < -0.3 is 4.40 Å². The first kappa shape index (κ1) is 12.6. The molecule has 0 aliphatic rings. The summed E-state index contributed by atoms with van der Waals surface area (Å²) in [5.74, 6) is 0.281. The fraction of sp³-hybridized carbons (Fsp3) is 0.0714. The van der Waals surface area contributed by atoms with Crippen molar-refractivity contribution in [3.05, 3.63) is 64.5 Å². The maximum atomic E-state index is 10.9. The number of nitro benzene ring substituents is 1. The summed E-state index contributed by atoms with van der Waals surface area (Å²) in [5.41, 5.74) is 3.00. The molecule has 0 spiro atoms. The van der Waals surface area contributed by atoms with Crippen LogP contribution < -0.4 is 0 Å². The average Bonchev–Trinajstić information content (AvgIpc) is 2.86. The van der Waals surface area contributed by atoms with Gasteiger partial charge in [0.25, 0.3) is 5.69 Å². The number of benzene rings is 1. The van der Waals surface area contributed by atoms with Crippen LogP contribution in [0, 0.1) is 10.1 Å². The first-order chi connectivity index (χ1) is 9.70. The summed E-state index contributed by atoms with van der Waals surface area (Å²) in [7, 11) is 0. The summed E-state index contributed by atoms with van der Waals surface area (Å²) in [6.45, 7) is 0. The minimum atomic E-state index is -0.417. The van der Waals surface area contributed by atoms with E-state index in [1.165, 1.54) is 12.1 Å². The number of nitro groups is 1. The molecule has 0 saturated carbocycles. The Morgan fingerprint density at radius 3 is 2.85 bits per heavy atom. The molecule has 5 nitrogen and oxygen atoms in total. The van der Waals surface area contributed by atoms with Crippen molar-refractivity contribution in [2.75, 3.05) is 0 Å². The SMILES string of the molecule is O=[N+]([O-])c1cccc(-c2nc3ccccn3c2CCl)c1. The maximum absolute atomic E-state index is 10.9. The number of pyridine rings is 1. The standard InChI is InChI=1S/C14H10ClN3O2/c15-9-12-14(16-13-6-1-2-7-17(12)13)10-4-3-5-11(8-10)18(19)20/h1-8H,9H2. The van der Waals surface area contributed by atoms with E-state index >= 15 is 0 Å². The Hall–Kier alpha value is -2.40. The first-order valence-electron chi connectivity index (χ1n) is 5.97. The van der Waals surface area contributed by atoms with Crippen LogP contribution >= 0.6 is 11.6 Å². The van der Waals surface area contributed by atoms with Gasteiger partial charge in [-0.3, -0.25) is 10.1 Å². The maximum Gasteiger partial charge on any atom is 0.270 e. The van der Waals surface area contributed by atoms with Crippen LogP contribution in [-0.4, -0.2) is 14.3 Å². The van der Waals surface area contributed by atoms with Crippen LogP contribution in [0.1, 0.15) is 5.69 Å². The van der Waals surface area contributed by atoms with Crippen molar-refractivity contribution in [3.8, 4) is 11.3 Å². The summed E-state index contributed by atoms with van der Waals surface area (Å²) in [5, 5.41) is 10.9. The molecule has 0 amide bonds. The highest BCUT2D eigenvalue weighted by Gasteiger charge is 2.15. The van der Waals surface area contributed by atoms with E-state index in [2.05, 4.69) is 4.98 Å². The Morgan fingerprint density at radius 1 is 1.25 bits per heavy atom. The van der Waals surface area contributed by atoms with Gasteiger partial charge in [0.1, 0.15) is 5.65 Å². The third-order valence-electron chi connectivity index (χ3n) is 3.09. The lowest BCUT2D eigenvalue weighted by molar-refractivity contribution is -0.384. The second-order valence-corrected chi connectivity index (χ2v) is 4.54. The van der Waals surface area contributed by atoms with Crippen LogP contribution in [0.2, 0.25) is 0 Å². The molecule has 100 valence electrons. The molecule has 0 fully saturated rings. The van der Waals surface area contributed by atoms with E-state index in [1.807, 2.05) is 28.8 Å². The Bertz CT molecular complexity index is 798. The zero-order chi connectivity index (χ0) is 14.1. The highest BCUT2D eigenvalue weighted by Crippen LogP contribution is 2.28. The summed E-state index contributed by atoms with van der Waals surface area (Å²) < 4.78 is 1.89. The normalized spacial score (nSPS) is 10.8. The number of rotatable bonds is 3. The lowest BCUT2D eigenvalue weighted by Gasteiger charge is -2.01. The number of imidazole rings is 1. The molecule has 0 unspecified atom stereocenters. The van der Waals surface area contributed by atoms with Gasteiger partial charge in [0.15, 0.2) is 0 Å². The Morgan fingerprint density at radius 2 is 2.10 bits per heavy atom. The van der Waals surface area contributed by atoms with Gasteiger partial charge in [0, 0.05) is 23.9 Å². The number of nitrogens with zero attached hydrogens (tertiary/aromatic N) is 3. The second kappa shape index (κ2) is 4.94. The summed E-state index contributed by atoms with van der Waals surface area (Å²) in [6, 6.07) is 12.1. The van der Waals surface area contributed by atoms with Crippen molar-refractivity contribution in [2.45, 2.75) is 5.88 Å². The third-order valence-corrected chi connectivity index (χ3v) is 3.34. The average molecular weight is 288 g/mol. The molecule has 0 N–H and O–H groups in total. The van der Waals surface area contributed by atoms with Gasteiger partial charge in [-0.1, -0.05) is 18.2 Å². The molecule has 2 heterocycles. The minimum Gasteiger partial charge on any atom is -0.302 e. The molecule has 0 bridgehead atoms. The number of fused-ring (bicyclic) bond motifs is 1. The van der Waals surface area contributed by atoms with Crippen LogP contribution in [0.4, 0.5) is 5.69 Å². The van der Waals surface area contributed by atoms with Crippen LogP contribution in [-0.2, 0) is 5.88 Å². The van der Waals surface area contributed by atoms with Gasteiger partial charge in [-0.25, -0.2) is 4.98 Å². The van der Waals surface area contributed by atoms with E-state index in [0.717, 1.165) is 11.3 Å². The third kappa shape index (κ3) is 2.02. The number of aromatic nitrogens is 2. The Balaban J connectivity index is 2.23. The number of hydrogen-bond donors (Lipinski definition) is 0. The lowest BCUT2D eigenvalue weighted by atomic mass is 10.1. The van der Waals surface area contributed by atoms with Crippen molar-refractivity contribution < 1.29 is 4.92 Å². The number of hydrogen-bond acceptors (Lipinski definition) is 3. The van der Waals surface area contributed by atoms with Crippen LogP contribution in [0.3, 0.4) is 0 Å². The van der Waals surface area contributed by atoms with Crippen molar-refractivity contribution in [3.63, 3.8) is 0 Å². The number of alkyl halides is 1. The van der Waals surface area contributed by atoms with Crippen molar-refractivity contribution in [1.82, 2.24) is 9.38 Å². The van der Waals surface area contributed by atoms with Gasteiger partial charge >= 0.3 is 0 Å². The van der Waals surface area contributed by atoms with Crippen LogP contribution in [0.15, 0.2) is 48.7 Å². The van der Waals surface area contributed by atoms with E-state index in [-0.39, 0.29) is 11.6 Å².